The van der Waals surface area contributed by atoms with E-state index in [9.17, 15) is 24.0 Å². The fraction of sp³-hybridized carbons (Fsp3) is 0.269. The Bertz CT molecular complexity index is 1110. The average Bonchev–Trinajstić information content (AvgIpc) is 2.93. The van der Waals surface area contributed by atoms with Gasteiger partial charge in [-0.3, -0.25) is 19.2 Å². The normalized spacial score (nSPS) is 10.9. The van der Waals surface area contributed by atoms with Gasteiger partial charge in [0.15, 0.2) is 0 Å². The van der Waals surface area contributed by atoms with Crippen LogP contribution in [0.1, 0.15) is 11.1 Å². The molecule has 12 heteroatoms. The molecule has 2 rings (SSSR count). The molecular formula is C26H31N5O7. The number of alkyl carbamates (subject to hydrolysis) is 1. The lowest BCUT2D eigenvalue weighted by molar-refractivity contribution is -0.130. The van der Waals surface area contributed by atoms with Crippen LogP contribution in [-0.4, -0.2) is 67.1 Å². The first-order valence-electron chi connectivity index (χ1n) is 11.7. The van der Waals surface area contributed by atoms with Gasteiger partial charge >= 0.3 is 6.09 Å². The molecule has 0 unspecified atom stereocenters. The van der Waals surface area contributed by atoms with Gasteiger partial charge in [0.05, 0.1) is 19.7 Å². The first kappa shape index (κ1) is 29.5. The van der Waals surface area contributed by atoms with Gasteiger partial charge in [-0.1, -0.05) is 55.1 Å². The number of nitrogens with one attached hydrogen (secondary N) is 5. The molecule has 0 aliphatic rings. The SMILES string of the molecule is C=CCOC(=O)NCC(=O)NCC(=O)N[C@@H](Cc1ccccc1)C(=O)NCC(=O)Nc1ccc(CO)cc1. The summed E-state index contributed by atoms with van der Waals surface area (Å²) in [5.74, 6) is -2.35. The highest BCUT2D eigenvalue weighted by Gasteiger charge is 2.22. The fourth-order valence-electron chi connectivity index (χ4n) is 3.07. The number of carbonyl (C=O) groups excluding carboxylic acids is 5. The summed E-state index contributed by atoms with van der Waals surface area (Å²) in [6.07, 6.45) is 0.707. The van der Waals surface area contributed by atoms with E-state index in [1.165, 1.54) is 6.08 Å². The van der Waals surface area contributed by atoms with E-state index in [1.54, 1.807) is 48.5 Å². The van der Waals surface area contributed by atoms with E-state index >= 15 is 0 Å². The lowest BCUT2D eigenvalue weighted by atomic mass is 10.1. The summed E-state index contributed by atoms with van der Waals surface area (Å²) in [6, 6.07) is 14.5. The van der Waals surface area contributed by atoms with Gasteiger partial charge in [0.25, 0.3) is 0 Å². The highest BCUT2D eigenvalue weighted by molar-refractivity contribution is 5.96. The van der Waals surface area contributed by atoms with Gasteiger partial charge < -0.3 is 36.4 Å². The Morgan fingerprint density at radius 1 is 0.816 bits per heavy atom. The van der Waals surface area contributed by atoms with Crippen molar-refractivity contribution in [3.63, 3.8) is 0 Å². The van der Waals surface area contributed by atoms with Crippen LogP contribution in [0.3, 0.4) is 0 Å². The number of aliphatic hydroxyl groups is 1. The van der Waals surface area contributed by atoms with Crippen LogP contribution in [-0.2, 0) is 36.9 Å². The minimum absolute atomic E-state index is 0.0138. The van der Waals surface area contributed by atoms with Crippen LogP contribution < -0.4 is 26.6 Å². The van der Waals surface area contributed by atoms with Crippen molar-refractivity contribution in [2.45, 2.75) is 19.1 Å². The van der Waals surface area contributed by atoms with Gasteiger partial charge in [0.1, 0.15) is 19.2 Å². The van der Waals surface area contributed by atoms with Crippen LogP contribution in [0, 0.1) is 0 Å². The molecule has 0 saturated heterocycles. The van der Waals surface area contributed by atoms with Crippen molar-refractivity contribution in [1.29, 1.82) is 0 Å². The van der Waals surface area contributed by atoms with Gasteiger partial charge in [0, 0.05) is 12.1 Å². The molecule has 0 bridgehead atoms. The quantitative estimate of drug-likeness (QED) is 0.188. The van der Waals surface area contributed by atoms with Crippen molar-refractivity contribution in [2.75, 3.05) is 31.6 Å². The van der Waals surface area contributed by atoms with Gasteiger partial charge in [-0.15, -0.1) is 0 Å². The molecule has 38 heavy (non-hydrogen) atoms. The molecule has 0 aromatic heterocycles. The van der Waals surface area contributed by atoms with Crippen LogP contribution in [0.15, 0.2) is 67.3 Å². The van der Waals surface area contributed by atoms with Gasteiger partial charge in [-0.05, 0) is 23.3 Å². The third kappa shape index (κ3) is 11.4. The smallest absolute Gasteiger partial charge is 0.407 e. The zero-order valence-corrected chi connectivity index (χ0v) is 20.7. The molecule has 0 aliphatic heterocycles. The van der Waals surface area contributed by atoms with Crippen molar-refractivity contribution >= 4 is 35.4 Å². The van der Waals surface area contributed by atoms with Crippen molar-refractivity contribution in [1.82, 2.24) is 21.3 Å². The lowest BCUT2D eigenvalue weighted by Gasteiger charge is -2.19. The standard InChI is InChI=1S/C26H31N5O7/c1-2-12-38-26(37)29-14-22(33)27-15-24(35)31-21(13-18-6-4-3-5-7-18)25(36)28-16-23(34)30-20-10-8-19(17-32)9-11-20/h2-11,21,32H,1,12-17H2,(H,27,33)(H,28,36)(H,29,37)(H,30,34)(H,31,35)/t21-/m0/s1. The summed E-state index contributed by atoms with van der Waals surface area (Å²) in [6.45, 7) is 2.07. The second-order valence-corrected chi connectivity index (χ2v) is 7.95. The van der Waals surface area contributed by atoms with Crippen LogP contribution in [0.2, 0.25) is 0 Å². The Kier molecular flexibility index (Phi) is 12.5. The molecule has 0 saturated carbocycles. The molecule has 0 spiro atoms. The Morgan fingerprint density at radius 3 is 2.13 bits per heavy atom. The molecule has 5 amide bonds. The molecule has 1 atom stereocenters. The largest absolute Gasteiger partial charge is 0.445 e. The Hall–Kier alpha value is -4.71. The van der Waals surface area contributed by atoms with Gasteiger partial charge in [0.2, 0.25) is 23.6 Å². The predicted molar refractivity (Wildman–Crippen MR) is 139 cm³/mol. The first-order valence-corrected chi connectivity index (χ1v) is 11.7. The van der Waals surface area contributed by atoms with Crippen LogP contribution >= 0.6 is 0 Å². The Labute approximate surface area is 219 Å². The van der Waals surface area contributed by atoms with Crippen LogP contribution in [0.4, 0.5) is 10.5 Å². The van der Waals surface area contributed by atoms with E-state index in [4.69, 9.17) is 5.11 Å². The van der Waals surface area contributed by atoms with Gasteiger partial charge in [-0.2, -0.15) is 0 Å². The zero-order valence-electron chi connectivity index (χ0n) is 20.7. The van der Waals surface area contributed by atoms with E-state index < -0.39 is 48.9 Å². The topological polar surface area (TPSA) is 175 Å². The summed E-state index contributed by atoms with van der Waals surface area (Å²) in [7, 11) is 0. The Balaban J connectivity index is 1.88. The zero-order chi connectivity index (χ0) is 27.8. The van der Waals surface area contributed by atoms with E-state index in [2.05, 4.69) is 37.9 Å². The molecule has 6 N–H and O–H groups in total. The van der Waals surface area contributed by atoms with E-state index in [0.717, 1.165) is 5.56 Å². The summed E-state index contributed by atoms with van der Waals surface area (Å²) < 4.78 is 4.68. The maximum atomic E-state index is 12.8. The Morgan fingerprint density at radius 2 is 1.47 bits per heavy atom. The third-order valence-corrected chi connectivity index (χ3v) is 4.95. The van der Waals surface area contributed by atoms with Gasteiger partial charge in [-0.25, -0.2) is 4.79 Å². The highest BCUT2D eigenvalue weighted by Crippen LogP contribution is 2.09. The second-order valence-electron chi connectivity index (χ2n) is 7.95. The van der Waals surface area contributed by atoms with Crippen molar-refractivity contribution in [2.24, 2.45) is 0 Å². The summed E-state index contributed by atoms with van der Waals surface area (Å²) in [4.78, 5) is 60.8. The molecule has 0 aliphatic carbocycles. The minimum atomic E-state index is -1.02. The van der Waals surface area contributed by atoms with E-state index in [1.807, 2.05) is 6.07 Å². The number of ether oxygens (including phenoxy) is 1. The third-order valence-electron chi connectivity index (χ3n) is 4.95. The molecule has 2 aromatic carbocycles. The number of benzene rings is 2. The summed E-state index contributed by atoms with van der Waals surface area (Å²) >= 11 is 0. The number of hydrogen-bond acceptors (Lipinski definition) is 7. The van der Waals surface area contributed by atoms with Crippen molar-refractivity contribution in [3.8, 4) is 0 Å². The molecule has 0 fully saturated rings. The number of aliphatic hydroxyl groups excluding tert-OH is 1. The maximum Gasteiger partial charge on any atom is 0.407 e. The minimum Gasteiger partial charge on any atom is -0.445 e. The predicted octanol–water partition coefficient (Wildman–Crippen LogP) is -0.0105. The molecule has 202 valence electrons. The van der Waals surface area contributed by atoms with Crippen molar-refractivity contribution in [3.05, 3.63) is 78.4 Å². The lowest BCUT2D eigenvalue weighted by Crippen LogP contribution is -2.52. The van der Waals surface area contributed by atoms with E-state index in [0.29, 0.717) is 11.3 Å². The summed E-state index contributed by atoms with van der Waals surface area (Å²) in [5, 5.41) is 21.3. The fourth-order valence-corrected chi connectivity index (χ4v) is 3.07. The molecule has 2 aromatic rings. The number of hydrogen-bond donors (Lipinski definition) is 6. The van der Waals surface area contributed by atoms with Crippen LogP contribution in [0.5, 0.6) is 0 Å². The van der Waals surface area contributed by atoms with E-state index in [-0.39, 0.29) is 26.2 Å². The molecule has 0 heterocycles. The number of carbonyl (C=O) groups is 5. The maximum absolute atomic E-state index is 12.8. The summed E-state index contributed by atoms with van der Waals surface area (Å²) in [5.41, 5.74) is 1.96. The number of anilines is 1. The highest BCUT2D eigenvalue weighted by atomic mass is 16.5. The monoisotopic (exact) mass is 525 g/mol. The van der Waals surface area contributed by atoms with Crippen molar-refractivity contribution < 1.29 is 33.8 Å². The number of amides is 5. The molecule has 0 radical (unpaired) electrons. The molecule has 12 nitrogen and oxygen atoms in total. The first-order chi connectivity index (χ1) is 18.3. The number of rotatable bonds is 14. The average molecular weight is 526 g/mol. The molecular weight excluding hydrogens is 494 g/mol. The second kappa shape index (κ2) is 16.1. The van der Waals surface area contributed by atoms with Crippen LogP contribution in [0.25, 0.3) is 0 Å².